The van der Waals surface area contributed by atoms with Gasteiger partial charge in [-0.2, -0.15) is 0 Å². The van der Waals surface area contributed by atoms with Crippen LogP contribution in [0.3, 0.4) is 0 Å². The quantitative estimate of drug-likeness (QED) is 0.609. The molecule has 2 N–H and O–H groups in total. The molecule has 0 spiro atoms. The van der Waals surface area contributed by atoms with E-state index in [9.17, 15) is 14.7 Å². The molecule has 0 aromatic heterocycles. The number of ether oxygens (including phenoxy) is 2. The second-order valence-electron chi connectivity index (χ2n) is 4.54. The van der Waals surface area contributed by atoms with E-state index in [1.165, 1.54) is 14.2 Å². The SMILES string of the molecule is COC(=O)[C@@H]1[C@@H]2N[C@@H](CC[C@@H]2O)[C@@H]1C(=O)OC. The maximum Gasteiger partial charge on any atom is 0.311 e. The van der Waals surface area contributed by atoms with Crippen LogP contribution >= 0.6 is 0 Å². The van der Waals surface area contributed by atoms with Crippen LogP contribution in [-0.4, -0.2) is 49.5 Å². The molecule has 0 unspecified atom stereocenters. The van der Waals surface area contributed by atoms with Crippen LogP contribution in [0.4, 0.5) is 0 Å². The largest absolute Gasteiger partial charge is 0.469 e. The Hall–Kier alpha value is -1.14. The zero-order chi connectivity index (χ0) is 12.6. The fraction of sp³-hybridized carbons (Fsp3) is 0.818. The van der Waals surface area contributed by atoms with Gasteiger partial charge < -0.3 is 19.9 Å². The summed E-state index contributed by atoms with van der Waals surface area (Å²) in [5.74, 6) is -2.11. The molecule has 6 heteroatoms. The molecule has 96 valence electrons. The number of esters is 2. The molecule has 2 fully saturated rings. The molecule has 17 heavy (non-hydrogen) atoms. The van der Waals surface area contributed by atoms with Gasteiger partial charge in [0, 0.05) is 12.1 Å². The molecule has 0 radical (unpaired) electrons. The normalized spacial score (nSPS) is 39.8. The van der Waals surface area contributed by atoms with E-state index >= 15 is 0 Å². The van der Waals surface area contributed by atoms with Crippen LogP contribution in [0.5, 0.6) is 0 Å². The molecule has 2 bridgehead atoms. The number of hydrogen-bond acceptors (Lipinski definition) is 6. The van der Waals surface area contributed by atoms with Crippen molar-refractivity contribution in [3.05, 3.63) is 0 Å². The summed E-state index contributed by atoms with van der Waals surface area (Å²) in [6, 6.07) is -0.523. The van der Waals surface area contributed by atoms with Gasteiger partial charge in [0.1, 0.15) is 0 Å². The summed E-state index contributed by atoms with van der Waals surface area (Å²) in [7, 11) is 2.58. The first-order chi connectivity index (χ1) is 8.10. The van der Waals surface area contributed by atoms with Crippen molar-refractivity contribution >= 4 is 11.9 Å². The number of aliphatic hydroxyl groups excluding tert-OH is 1. The number of piperidine rings is 1. The predicted molar refractivity (Wildman–Crippen MR) is 57.0 cm³/mol. The highest BCUT2D eigenvalue weighted by molar-refractivity contribution is 5.84. The molecule has 2 rings (SSSR count). The van der Waals surface area contributed by atoms with Crippen molar-refractivity contribution in [2.75, 3.05) is 14.2 Å². The first-order valence-corrected chi connectivity index (χ1v) is 5.70. The zero-order valence-corrected chi connectivity index (χ0v) is 9.88. The number of aliphatic hydroxyl groups is 1. The summed E-state index contributed by atoms with van der Waals surface area (Å²) >= 11 is 0. The average Bonchev–Trinajstić information content (AvgIpc) is 2.67. The fourth-order valence-electron chi connectivity index (χ4n) is 2.95. The Morgan fingerprint density at radius 3 is 2.29 bits per heavy atom. The van der Waals surface area contributed by atoms with Gasteiger partial charge in [0.05, 0.1) is 32.2 Å². The Bertz CT molecular complexity index is 332. The molecule has 0 aliphatic carbocycles. The van der Waals surface area contributed by atoms with E-state index in [-0.39, 0.29) is 6.04 Å². The van der Waals surface area contributed by atoms with E-state index in [0.717, 1.165) is 0 Å². The van der Waals surface area contributed by atoms with Crippen LogP contribution in [0.1, 0.15) is 12.8 Å². The van der Waals surface area contributed by atoms with Crippen molar-refractivity contribution < 1.29 is 24.2 Å². The number of carbonyl (C=O) groups is 2. The molecule has 0 amide bonds. The summed E-state index contributed by atoms with van der Waals surface area (Å²) in [5, 5.41) is 13.0. The van der Waals surface area contributed by atoms with Crippen molar-refractivity contribution in [1.29, 1.82) is 0 Å². The Kier molecular flexibility index (Phi) is 3.35. The van der Waals surface area contributed by atoms with Crippen molar-refractivity contribution in [1.82, 2.24) is 5.32 Å². The highest BCUT2D eigenvalue weighted by Crippen LogP contribution is 2.38. The van der Waals surface area contributed by atoms with Gasteiger partial charge in [-0.05, 0) is 12.8 Å². The Labute approximate surface area is 99.3 Å². The molecule has 5 atom stereocenters. The minimum absolute atomic E-state index is 0.111. The lowest BCUT2D eigenvalue weighted by molar-refractivity contribution is -0.157. The van der Waals surface area contributed by atoms with Gasteiger partial charge in [0.2, 0.25) is 0 Å². The third kappa shape index (κ3) is 1.91. The molecule has 6 nitrogen and oxygen atoms in total. The predicted octanol–water partition coefficient (Wildman–Crippen LogP) is -0.940. The monoisotopic (exact) mass is 243 g/mol. The van der Waals surface area contributed by atoms with Gasteiger partial charge in [-0.1, -0.05) is 0 Å². The molecular formula is C11H17NO5. The van der Waals surface area contributed by atoms with Gasteiger partial charge in [0.25, 0.3) is 0 Å². The fourth-order valence-corrected chi connectivity index (χ4v) is 2.95. The lowest BCUT2D eigenvalue weighted by Gasteiger charge is -2.27. The zero-order valence-electron chi connectivity index (χ0n) is 9.88. The Balaban J connectivity index is 2.28. The second kappa shape index (κ2) is 4.62. The smallest absolute Gasteiger partial charge is 0.311 e. The first kappa shape index (κ1) is 12.3. The van der Waals surface area contributed by atoms with Crippen molar-refractivity contribution in [2.24, 2.45) is 11.8 Å². The van der Waals surface area contributed by atoms with Crippen LogP contribution < -0.4 is 5.32 Å². The maximum absolute atomic E-state index is 11.8. The van der Waals surface area contributed by atoms with Crippen LogP contribution in [0.15, 0.2) is 0 Å². The molecular weight excluding hydrogens is 226 g/mol. The molecule has 0 aromatic rings. The molecule has 2 saturated heterocycles. The molecule has 2 aliphatic heterocycles. The van der Waals surface area contributed by atoms with E-state index in [0.29, 0.717) is 12.8 Å². The maximum atomic E-state index is 11.8. The average molecular weight is 243 g/mol. The van der Waals surface area contributed by atoms with E-state index in [4.69, 9.17) is 9.47 Å². The Morgan fingerprint density at radius 1 is 1.12 bits per heavy atom. The van der Waals surface area contributed by atoms with Gasteiger partial charge in [-0.25, -0.2) is 0 Å². The number of methoxy groups -OCH3 is 2. The van der Waals surface area contributed by atoms with Gasteiger partial charge >= 0.3 is 11.9 Å². The molecule has 2 heterocycles. The van der Waals surface area contributed by atoms with Gasteiger partial charge in [-0.15, -0.1) is 0 Å². The summed E-state index contributed by atoms with van der Waals surface area (Å²) in [4.78, 5) is 23.5. The van der Waals surface area contributed by atoms with Gasteiger partial charge in [-0.3, -0.25) is 9.59 Å². The number of hydrogen-bond donors (Lipinski definition) is 2. The second-order valence-corrected chi connectivity index (χ2v) is 4.54. The summed E-state index contributed by atoms with van der Waals surface area (Å²) < 4.78 is 9.45. The lowest BCUT2D eigenvalue weighted by atomic mass is 9.87. The van der Waals surface area contributed by atoms with Crippen LogP contribution in [-0.2, 0) is 19.1 Å². The highest BCUT2D eigenvalue weighted by Gasteiger charge is 2.55. The van der Waals surface area contributed by atoms with E-state index in [2.05, 4.69) is 5.32 Å². The minimum atomic E-state index is -0.657. The third-order valence-corrected chi connectivity index (χ3v) is 3.75. The topological polar surface area (TPSA) is 84.9 Å². The standard InChI is InChI=1S/C11H17NO5/c1-16-10(14)7-5-3-4-6(13)9(12-5)8(7)11(15)17-2/h5-9,12-13H,3-4H2,1-2H3/t5-,6-,7-,8-,9+/m0/s1. The number of nitrogens with one attached hydrogen (secondary N) is 1. The number of fused-ring (bicyclic) bond motifs is 2. The van der Waals surface area contributed by atoms with Crippen molar-refractivity contribution in [3.8, 4) is 0 Å². The van der Waals surface area contributed by atoms with E-state index in [1.807, 2.05) is 0 Å². The summed E-state index contributed by atoms with van der Waals surface area (Å²) in [6.07, 6.45) is 0.624. The van der Waals surface area contributed by atoms with Crippen LogP contribution in [0.25, 0.3) is 0 Å². The third-order valence-electron chi connectivity index (χ3n) is 3.75. The van der Waals surface area contributed by atoms with Crippen molar-refractivity contribution in [2.45, 2.75) is 31.0 Å². The summed E-state index contributed by atoms with van der Waals surface area (Å²) in [6.45, 7) is 0. The van der Waals surface area contributed by atoms with Gasteiger partial charge in [0.15, 0.2) is 0 Å². The van der Waals surface area contributed by atoms with Crippen molar-refractivity contribution in [3.63, 3.8) is 0 Å². The number of rotatable bonds is 2. The van der Waals surface area contributed by atoms with E-state index < -0.39 is 35.9 Å². The Morgan fingerprint density at radius 2 is 1.71 bits per heavy atom. The number of carbonyl (C=O) groups excluding carboxylic acids is 2. The molecule has 0 saturated carbocycles. The lowest BCUT2D eigenvalue weighted by Crippen LogP contribution is -2.47. The van der Waals surface area contributed by atoms with E-state index in [1.54, 1.807) is 0 Å². The first-order valence-electron chi connectivity index (χ1n) is 5.70. The highest BCUT2D eigenvalue weighted by atomic mass is 16.5. The summed E-state index contributed by atoms with van der Waals surface area (Å²) in [5.41, 5.74) is 0. The van der Waals surface area contributed by atoms with Crippen LogP contribution in [0.2, 0.25) is 0 Å². The molecule has 0 aromatic carbocycles. The molecule has 2 aliphatic rings. The van der Waals surface area contributed by atoms with Crippen LogP contribution in [0, 0.1) is 11.8 Å². The minimum Gasteiger partial charge on any atom is -0.469 e.